The SMILES string of the molecule is CC(OC(=O)c1cccnc1F)c1ccccc1. The van der Waals surface area contributed by atoms with E-state index in [4.69, 9.17) is 4.74 Å². The maximum Gasteiger partial charge on any atom is 0.343 e. The molecule has 0 fully saturated rings. The van der Waals surface area contributed by atoms with Gasteiger partial charge in [-0.15, -0.1) is 0 Å². The Bertz CT molecular complexity index is 543. The van der Waals surface area contributed by atoms with Crippen molar-refractivity contribution in [2.24, 2.45) is 0 Å². The maximum absolute atomic E-state index is 13.3. The molecule has 2 aromatic rings. The number of benzene rings is 1. The second-order valence-corrected chi connectivity index (χ2v) is 3.80. The standard InChI is InChI=1S/C14H12FNO2/c1-10(11-6-3-2-4-7-11)18-14(17)12-8-5-9-16-13(12)15/h2-10H,1H3. The third-order valence-corrected chi connectivity index (χ3v) is 2.53. The molecule has 92 valence electrons. The number of carbonyl (C=O) groups excluding carboxylic acids is 1. The summed E-state index contributed by atoms with van der Waals surface area (Å²) in [6.07, 6.45) is 0.852. The number of ether oxygens (including phenoxy) is 1. The van der Waals surface area contributed by atoms with E-state index in [1.54, 1.807) is 6.92 Å². The van der Waals surface area contributed by atoms with E-state index in [0.717, 1.165) is 5.56 Å². The Morgan fingerprint density at radius 2 is 1.94 bits per heavy atom. The Balaban J connectivity index is 2.11. The lowest BCUT2D eigenvalue weighted by atomic mass is 10.1. The molecule has 3 nitrogen and oxygen atoms in total. The minimum absolute atomic E-state index is 0.153. The number of nitrogens with zero attached hydrogens (tertiary/aromatic N) is 1. The van der Waals surface area contributed by atoms with Crippen molar-refractivity contribution in [1.29, 1.82) is 0 Å². The molecule has 0 aliphatic heterocycles. The Kier molecular flexibility index (Phi) is 3.67. The van der Waals surface area contributed by atoms with Gasteiger partial charge in [-0.2, -0.15) is 4.39 Å². The fourth-order valence-electron chi connectivity index (χ4n) is 1.55. The predicted octanol–water partition coefficient (Wildman–Crippen LogP) is 3.14. The third-order valence-electron chi connectivity index (χ3n) is 2.53. The molecule has 1 heterocycles. The van der Waals surface area contributed by atoms with Crippen molar-refractivity contribution >= 4 is 5.97 Å². The van der Waals surface area contributed by atoms with E-state index < -0.39 is 18.0 Å². The summed E-state index contributed by atoms with van der Waals surface area (Å²) in [5, 5.41) is 0. The van der Waals surface area contributed by atoms with E-state index in [1.807, 2.05) is 30.3 Å². The summed E-state index contributed by atoms with van der Waals surface area (Å²) in [7, 11) is 0. The number of aromatic nitrogens is 1. The fraction of sp³-hybridized carbons (Fsp3) is 0.143. The molecule has 2 rings (SSSR count). The molecular formula is C14H12FNO2. The van der Waals surface area contributed by atoms with E-state index in [1.165, 1.54) is 18.3 Å². The van der Waals surface area contributed by atoms with Gasteiger partial charge >= 0.3 is 5.97 Å². The molecule has 18 heavy (non-hydrogen) atoms. The lowest BCUT2D eigenvalue weighted by Crippen LogP contribution is -2.11. The number of hydrogen-bond donors (Lipinski definition) is 0. The lowest BCUT2D eigenvalue weighted by Gasteiger charge is -2.13. The van der Waals surface area contributed by atoms with Crippen LogP contribution in [0.15, 0.2) is 48.7 Å². The van der Waals surface area contributed by atoms with Crippen LogP contribution in [0.2, 0.25) is 0 Å². The van der Waals surface area contributed by atoms with Crippen LogP contribution < -0.4 is 0 Å². The highest BCUT2D eigenvalue weighted by atomic mass is 19.1. The van der Waals surface area contributed by atoms with Crippen molar-refractivity contribution in [1.82, 2.24) is 4.98 Å². The average molecular weight is 245 g/mol. The summed E-state index contributed by atoms with van der Waals surface area (Å²) in [6, 6.07) is 12.1. The van der Waals surface area contributed by atoms with Gasteiger partial charge in [0.2, 0.25) is 5.95 Å². The minimum atomic E-state index is -0.817. The van der Waals surface area contributed by atoms with Crippen LogP contribution in [0.25, 0.3) is 0 Å². The van der Waals surface area contributed by atoms with Crippen molar-refractivity contribution in [3.8, 4) is 0 Å². The molecular weight excluding hydrogens is 233 g/mol. The van der Waals surface area contributed by atoms with E-state index in [-0.39, 0.29) is 5.56 Å². The molecule has 0 saturated heterocycles. The minimum Gasteiger partial charge on any atom is -0.454 e. The van der Waals surface area contributed by atoms with Crippen molar-refractivity contribution in [2.75, 3.05) is 0 Å². The summed E-state index contributed by atoms with van der Waals surface area (Å²) in [4.78, 5) is 15.2. The van der Waals surface area contributed by atoms with Crippen LogP contribution >= 0.6 is 0 Å². The van der Waals surface area contributed by atoms with Gasteiger partial charge in [0.05, 0.1) is 0 Å². The van der Waals surface area contributed by atoms with Gasteiger partial charge in [0.25, 0.3) is 0 Å². The summed E-state index contributed by atoms with van der Waals surface area (Å²) < 4.78 is 18.5. The van der Waals surface area contributed by atoms with Crippen molar-refractivity contribution in [3.05, 3.63) is 65.7 Å². The molecule has 0 spiro atoms. The van der Waals surface area contributed by atoms with Gasteiger partial charge in [-0.1, -0.05) is 30.3 Å². The molecule has 0 saturated carbocycles. The quantitative estimate of drug-likeness (QED) is 0.616. The molecule has 4 heteroatoms. The first-order valence-electron chi connectivity index (χ1n) is 5.55. The van der Waals surface area contributed by atoms with Crippen LogP contribution in [-0.2, 0) is 4.74 Å². The number of carbonyl (C=O) groups is 1. The third kappa shape index (κ3) is 2.71. The van der Waals surface area contributed by atoms with Gasteiger partial charge in [0.15, 0.2) is 0 Å². The van der Waals surface area contributed by atoms with Gasteiger partial charge in [-0.25, -0.2) is 9.78 Å². The van der Waals surface area contributed by atoms with E-state index in [9.17, 15) is 9.18 Å². The first-order valence-corrected chi connectivity index (χ1v) is 5.55. The van der Waals surface area contributed by atoms with Crippen LogP contribution in [0.4, 0.5) is 4.39 Å². The summed E-state index contributed by atoms with van der Waals surface area (Å²) >= 11 is 0. The van der Waals surface area contributed by atoms with Gasteiger partial charge in [-0.3, -0.25) is 0 Å². The highest BCUT2D eigenvalue weighted by Crippen LogP contribution is 2.18. The van der Waals surface area contributed by atoms with E-state index in [2.05, 4.69) is 4.98 Å². The normalized spacial score (nSPS) is 11.9. The fourth-order valence-corrected chi connectivity index (χ4v) is 1.55. The van der Waals surface area contributed by atoms with Crippen molar-refractivity contribution < 1.29 is 13.9 Å². The van der Waals surface area contributed by atoms with Crippen LogP contribution in [-0.4, -0.2) is 11.0 Å². The molecule has 1 unspecified atom stereocenters. The summed E-state index contributed by atoms with van der Waals surface area (Å²) in [6.45, 7) is 1.74. The predicted molar refractivity (Wildman–Crippen MR) is 64.5 cm³/mol. The zero-order valence-electron chi connectivity index (χ0n) is 9.84. The van der Waals surface area contributed by atoms with Gasteiger partial charge < -0.3 is 4.74 Å². The topological polar surface area (TPSA) is 39.2 Å². The molecule has 0 aliphatic rings. The summed E-state index contributed by atoms with van der Waals surface area (Å²) in [5.41, 5.74) is 0.704. The first kappa shape index (κ1) is 12.2. The number of esters is 1. The lowest BCUT2D eigenvalue weighted by molar-refractivity contribution is 0.0331. The van der Waals surface area contributed by atoms with Crippen molar-refractivity contribution in [2.45, 2.75) is 13.0 Å². The Labute approximate surface area is 104 Å². The second kappa shape index (κ2) is 5.40. The van der Waals surface area contributed by atoms with E-state index >= 15 is 0 Å². The Morgan fingerprint density at radius 3 is 2.61 bits per heavy atom. The molecule has 0 bridgehead atoms. The zero-order valence-corrected chi connectivity index (χ0v) is 9.84. The largest absolute Gasteiger partial charge is 0.454 e. The molecule has 1 aromatic heterocycles. The van der Waals surface area contributed by atoms with Crippen LogP contribution in [0.1, 0.15) is 28.9 Å². The molecule has 1 aromatic carbocycles. The second-order valence-electron chi connectivity index (χ2n) is 3.80. The molecule has 0 N–H and O–H groups in total. The van der Waals surface area contributed by atoms with Gasteiger partial charge in [0, 0.05) is 6.20 Å². The van der Waals surface area contributed by atoms with Crippen LogP contribution in [0.3, 0.4) is 0 Å². The van der Waals surface area contributed by atoms with Crippen LogP contribution in [0, 0.1) is 5.95 Å². The number of hydrogen-bond acceptors (Lipinski definition) is 3. The smallest absolute Gasteiger partial charge is 0.343 e. The average Bonchev–Trinajstić information content (AvgIpc) is 2.40. The van der Waals surface area contributed by atoms with Gasteiger partial charge in [-0.05, 0) is 24.6 Å². The maximum atomic E-state index is 13.3. The van der Waals surface area contributed by atoms with Crippen molar-refractivity contribution in [3.63, 3.8) is 0 Å². The number of pyridine rings is 1. The van der Waals surface area contributed by atoms with Crippen LogP contribution in [0.5, 0.6) is 0 Å². The highest BCUT2D eigenvalue weighted by molar-refractivity contribution is 5.89. The van der Waals surface area contributed by atoms with E-state index in [0.29, 0.717) is 0 Å². The van der Waals surface area contributed by atoms with Gasteiger partial charge in [0.1, 0.15) is 11.7 Å². The Morgan fingerprint density at radius 1 is 1.22 bits per heavy atom. The first-order chi connectivity index (χ1) is 8.68. The highest BCUT2D eigenvalue weighted by Gasteiger charge is 2.17. The number of halogens is 1. The summed E-state index contributed by atoms with van der Waals surface area (Å²) in [5.74, 6) is -1.53. The monoisotopic (exact) mass is 245 g/mol. The zero-order chi connectivity index (χ0) is 13.0. The molecule has 1 atom stereocenters. The number of rotatable bonds is 3. The molecule has 0 amide bonds. The molecule has 0 aliphatic carbocycles. The Hall–Kier alpha value is -2.23. The molecule has 0 radical (unpaired) electrons.